The highest BCUT2D eigenvalue weighted by Crippen LogP contribution is 2.21. The first-order valence-electron chi connectivity index (χ1n) is 9.74. The molecule has 144 valence electrons. The molecule has 0 spiro atoms. The molecule has 1 aromatic carbocycles. The summed E-state index contributed by atoms with van der Waals surface area (Å²) in [5, 5.41) is 13.9. The number of benzene rings is 1. The first-order chi connectivity index (χ1) is 13.2. The van der Waals surface area contributed by atoms with E-state index in [1.165, 1.54) is 16.8 Å². The van der Waals surface area contributed by atoms with Crippen LogP contribution in [0, 0.1) is 0 Å². The molecule has 4 rings (SSSR count). The smallest absolute Gasteiger partial charge is 0.315 e. The van der Waals surface area contributed by atoms with Gasteiger partial charge in [-0.3, -0.25) is 9.58 Å². The average Bonchev–Trinajstić information content (AvgIpc) is 2.93. The molecule has 7 nitrogen and oxygen atoms in total. The lowest BCUT2D eigenvalue weighted by Crippen LogP contribution is -2.47. The van der Waals surface area contributed by atoms with Crippen LogP contribution in [-0.2, 0) is 32.6 Å². The highest BCUT2D eigenvalue weighted by molar-refractivity contribution is 5.73. The second-order valence-corrected chi connectivity index (χ2v) is 7.49. The summed E-state index contributed by atoms with van der Waals surface area (Å²) in [6.45, 7) is 4.83. The minimum absolute atomic E-state index is 0.136. The highest BCUT2D eigenvalue weighted by Gasteiger charge is 2.23. The molecule has 2 aliphatic rings. The van der Waals surface area contributed by atoms with E-state index in [-0.39, 0.29) is 6.03 Å². The topological polar surface area (TPSA) is 74.2 Å². The maximum absolute atomic E-state index is 12.2. The lowest BCUT2D eigenvalue weighted by atomic mass is 9.94. The Bertz CT molecular complexity index is 778. The van der Waals surface area contributed by atoms with Gasteiger partial charge in [-0.25, -0.2) is 4.79 Å². The molecular formula is C20H28N6O. The number of aryl methyl sites for hydroxylation is 1. The molecule has 1 unspecified atom stereocenters. The summed E-state index contributed by atoms with van der Waals surface area (Å²) in [5.74, 6) is 0. The van der Waals surface area contributed by atoms with Gasteiger partial charge in [0.25, 0.3) is 0 Å². The average molecular weight is 368 g/mol. The van der Waals surface area contributed by atoms with Gasteiger partial charge in [0.05, 0.1) is 17.9 Å². The Morgan fingerprint density at radius 1 is 1.30 bits per heavy atom. The Balaban J connectivity index is 1.25. The van der Waals surface area contributed by atoms with Crippen molar-refractivity contribution in [3.63, 3.8) is 0 Å². The Morgan fingerprint density at radius 2 is 2.15 bits per heavy atom. The molecule has 2 aromatic rings. The number of carbonyl (C=O) groups is 1. The van der Waals surface area contributed by atoms with E-state index in [2.05, 4.69) is 63.3 Å². The molecule has 2 aliphatic heterocycles. The number of rotatable bonds is 4. The van der Waals surface area contributed by atoms with E-state index >= 15 is 0 Å². The van der Waals surface area contributed by atoms with Crippen LogP contribution >= 0.6 is 0 Å². The molecule has 3 N–H and O–H groups in total. The van der Waals surface area contributed by atoms with Crippen molar-refractivity contribution < 1.29 is 4.79 Å². The number of likely N-dealkylation sites (N-methyl/N-ethyl adjacent to an activating group) is 1. The summed E-state index contributed by atoms with van der Waals surface area (Å²) in [6, 6.07) is 10.8. The molecule has 1 aromatic heterocycles. The fraction of sp³-hybridized carbons (Fsp3) is 0.500. The van der Waals surface area contributed by atoms with Crippen molar-refractivity contribution in [2.75, 3.05) is 20.1 Å². The van der Waals surface area contributed by atoms with Crippen LogP contribution in [0.1, 0.15) is 28.9 Å². The molecule has 7 heteroatoms. The first kappa shape index (κ1) is 18.0. The van der Waals surface area contributed by atoms with Crippen molar-refractivity contribution in [3.05, 3.63) is 52.8 Å². The fourth-order valence-corrected chi connectivity index (χ4v) is 3.90. The number of amides is 2. The third-order valence-corrected chi connectivity index (χ3v) is 5.49. The molecule has 2 amide bonds. The molecule has 27 heavy (non-hydrogen) atoms. The van der Waals surface area contributed by atoms with Gasteiger partial charge >= 0.3 is 6.03 Å². The summed E-state index contributed by atoms with van der Waals surface area (Å²) in [7, 11) is 2.12. The number of hydrogen-bond donors (Lipinski definition) is 3. The van der Waals surface area contributed by atoms with E-state index in [1.807, 2.05) is 4.68 Å². The number of nitrogens with one attached hydrogen (secondary N) is 3. The highest BCUT2D eigenvalue weighted by atomic mass is 16.2. The number of nitrogens with zero attached hydrogens (tertiary/aromatic N) is 3. The van der Waals surface area contributed by atoms with E-state index in [0.29, 0.717) is 19.1 Å². The third-order valence-electron chi connectivity index (χ3n) is 5.49. The zero-order chi connectivity index (χ0) is 18.6. The fourth-order valence-electron chi connectivity index (χ4n) is 3.90. The van der Waals surface area contributed by atoms with Gasteiger partial charge in [-0.2, -0.15) is 5.10 Å². The standard InChI is InChI=1S/C20H28N6O/c1-25-14-16-6-3-2-5-15(16)9-18(25)13-23-20(27)22-11-17-10-19-12-21-7-4-8-26(19)24-17/h2-3,5-6,10,18,21H,4,7-9,11-14H2,1H3,(H2,22,23,27). The molecule has 3 heterocycles. The van der Waals surface area contributed by atoms with Crippen LogP contribution in [0.25, 0.3) is 0 Å². The summed E-state index contributed by atoms with van der Waals surface area (Å²) in [4.78, 5) is 14.5. The van der Waals surface area contributed by atoms with Gasteiger partial charge in [-0.15, -0.1) is 0 Å². The lowest BCUT2D eigenvalue weighted by Gasteiger charge is -2.34. The molecule has 0 saturated heterocycles. The Kier molecular flexibility index (Phi) is 5.40. The molecule has 0 radical (unpaired) electrons. The van der Waals surface area contributed by atoms with Crippen molar-refractivity contribution in [1.82, 2.24) is 30.6 Å². The van der Waals surface area contributed by atoms with Gasteiger partial charge in [0.2, 0.25) is 0 Å². The number of urea groups is 1. The summed E-state index contributed by atoms with van der Waals surface area (Å²) >= 11 is 0. The predicted octanol–water partition coefficient (Wildman–Crippen LogP) is 1.23. The minimum atomic E-state index is -0.136. The Hall–Kier alpha value is -2.38. The van der Waals surface area contributed by atoms with Crippen molar-refractivity contribution in [2.24, 2.45) is 0 Å². The van der Waals surface area contributed by atoms with Crippen LogP contribution in [-0.4, -0.2) is 46.9 Å². The van der Waals surface area contributed by atoms with Crippen LogP contribution in [0.2, 0.25) is 0 Å². The predicted molar refractivity (Wildman–Crippen MR) is 104 cm³/mol. The summed E-state index contributed by atoms with van der Waals surface area (Å²) in [5.41, 5.74) is 4.87. The van der Waals surface area contributed by atoms with Crippen LogP contribution in [0.5, 0.6) is 0 Å². The zero-order valence-electron chi connectivity index (χ0n) is 15.9. The summed E-state index contributed by atoms with van der Waals surface area (Å²) < 4.78 is 2.04. The lowest BCUT2D eigenvalue weighted by molar-refractivity contribution is 0.203. The SMILES string of the molecule is CN1Cc2ccccc2CC1CNC(=O)NCc1cc2n(n1)CCCNC2. The molecular weight excluding hydrogens is 340 g/mol. The van der Waals surface area contributed by atoms with E-state index < -0.39 is 0 Å². The second kappa shape index (κ2) is 8.10. The molecule has 0 saturated carbocycles. The maximum atomic E-state index is 12.2. The normalized spacial score (nSPS) is 19.7. The number of aromatic nitrogens is 2. The van der Waals surface area contributed by atoms with Crippen molar-refractivity contribution in [1.29, 1.82) is 0 Å². The molecule has 0 bridgehead atoms. The quantitative estimate of drug-likeness (QED) is 0.759. The largest absolute Gasteiger partial charge is 0.337 e. The van der Waals surface area contributed by atoms with E-state index in [4.69, 9.17) is 0 Å². The van der Waals surface area contributed by atoms with Crippen LogP contribution < -0.4 is 16.0 Å². The van der Waals surface area contributed by atoms with Gasteiger partial charge < -0.3 is 16.0 Å². The van der Waals surface area contributed by atoms with Gasteiger partial charge in [-0.1, -0.05) is 24.3 Å². The van der Waals surface area contributed by atoms with Crippen molar-refractivity contribution >= 4 is 6.03 Å². The van der Waals surface area contributed by atoms with Crippen molar-refractivity contribution in [3.8, 4) is 0 Å². The van der Waals surface area contributed by atoms with Gasteiger partial charge in [0.1, 0.15) is 0 Å². The van der Waals surface area contributed by atoms with Gasteiger partial charge in [0.15, 0.2) is 0 Å². The van der Waals surface area contributed by atoms with Gasteiger partial charge in [-0.05, 0) is 43.6 Å². The maximum Gasteiger partial charge on any atom is 0.315 e. The Labute approximate surface area is 160 Å². The van der Waals surface area contributed by atoms with Crippen molar-refractivity contribution in [2.45, 2.75) is 45.1 Å². The zero-order valence-corrected chi connectivity index (χ0v) is 15.9. The van der Waals surface area contributed by atoms with Gasteiger partial charge in [0, 0.05) is 32.2 Å². The van der Waals surface area contributed by atoms with Crippen LogP contribution in [0.4, 0.5) is 4.79 Å². The number of hydrogen-bond acceptors (Lipinski definition) is 4. The molecule has 1 atom stereocenters. The summed E-state index contributed by atoms with van der Waals surface area (Å²) in [6.07, 6.45) is 2.05. The van der Waals surface area contributed by atoms with E-state index in [0.717, 1.165) is 44.7 Å². The van der Waals surface area contributed by atoms with Crippen LogP contribution in [0.15, 0.2) is 30.3 Å². The van der Waals surface area contributed by atoms with E-state index in [9.17, 15) is 4.79 Å². The number of fused-ring (bicyclic) bond motifs is 2. The number of carbonyl (C=O) groups excluding carboxylic acids is 1. The first-order valence-corrected chi connectivity index (χ1v) is 9.74. The Morgan fingerprint density at radius 3 is 3.04 bits per heavy atom. The van der Waals surface area contributed by atoms with Crippen LogP contribution in [0.3, 0.4) is 0 Å². The second-order valence-electron chi connectivity index (χ2n) is 7.49. The van der Waals surface area contributed by atoms with E-state index in [1.54, 1.807) is 0 Å². The minimum Gasteiger partial charge on any atom is -0.337 e. The molecule has 0 fully saturated rings. The third kappa shape index (κ3) is 4.31. The molecule has 0 aliphatic carbocycles. The monoisotopic (exact) mass is 368 g/mol.